The second-order valence-electron chi connectivity index (χ2n) is 6.77. The zero-order chi connectivity index (χ0) is 22.5. The number of imide groups is 1. The van der Waals surface area contributed by atoms with Crippen molar-refractivity contribution in [2.75, 3.05) is 13.7 Å². The van der Waals surface area contributed by atoms with Gasteiger partial charge in [-0.05, 0) is 47.9 Å². The molecule has 0 aliphatic carbocycles. The van der Waals surface area contributed by atoms with E-state index < -0.39 is 17.9 Å². The Bertz CT molecular complexity index is 1070. The zero-order valence-corrected chi connectivity index (χ0v) is 17.7. The molecule has 0 radical (unpaired) electrons. The summed E-state index contributed by atoms with van der Waals surface area (Å²) in [6, 6.07) is 9.13. The van der Waals surface area contributed by atoms with Gasteiger partial charge < -0.3 is 19.9 Å². The van der Waals surface area contributed by atoms with Gasteiger partial charge in [-0.25, -0.2) is 9.59 Å². The van der Waals surface area contributed by atoms with Gasteiger partial charge in [-0.2, -0.15) is 0 Å². The van der Waals surface area contributed by atoms with Gasteiger partial charge in [-0.1, -0.05) is 30.7 Å². The SMILES string of the molecule is CCCN1C(=O)NC(=Cc2cc(Cl)c(OCc3cccc(C(=O)O)c3)c(OC)c2)C1=O. The number of carbonyl (C=O) groups excluding carboxylic acids is 2. The number of nitrogens with one attached hydrogen (secondary N) is 1. The third-order valence-electron chi connectivity index (χ3n) is 4.53. The normalized spacial score (nSPS) is 14.7. The van der Waals surface area contributed by atoms with Crippen LogP contribution >= 0.6 is 11.6 Å². The number of hydrogen-bond acceptors (Lipinski definition) is 5. The van der Waals surface area contributed by atoms with Crippen molar-refractivity contribution in [2.45, 2.75) is 20.0 Å². The number of carbonyl (C=O) groups is 3. The van der Waals surface area contributed by atoms with Gasteiger partial charge in [-0.15, -0.1) is 0 Å². The van der Waals surface area contributed by atoms with Crippen molar-refractivity contribution in [1.82, 2.24) is 10.2 Å². The number of carboxylic acid groups (broad SMARTS) is 1. The zero-order valence-electron chi connectivity index (χ0n) is 17.0. The molecule has 31 heavy (non-hydrogen) atoms. The summed E-state index contributed by atoms with van der Waals surface area (Å²) in [6.07, 6.45) is 2.18. The number of rotatable bonds is 8. The van der Waals surface area contributed by atoms with E-state index in [1.54, 1.807) is 24.3 Å². The molecule has 0 aromatic heterocycles. The van der Waals surface area contributed by atoms with Gasteiger partial charge in [0.1, 0.15) is 12.3 Å². The highest BCUT2D eigenvalue weighted by molar-refractivity contribution is 6.32. The minimum atomic E-state index is -1.03. The Morgan fingerprint density at radius 1 is 1.26 bits per heavy atom. The fraction of sp³-hybridized carbons (Fsp3) is 0.227. The average Bonchev–Trinajstić information content (AvgIpc) is 3.00. The molecule has 1 aliphatic rings. The Kier molecular flexibility index (Phi) is 6.81. The third kappa shape index (κ3) is 4.97. The van der Waals surface area contributed by atoms with E-state index in [2.05, 4.69) is 5.32 Å². The van der Waals surface area contributed by atoms with E-state index in [9.17, 15) is 14.4 Å². The molecule has 0 saturated carbocycles. The first-order chi connectivity index (χ1) is 14.8. The number of nitrogens with zero attached hydrogens (tertiary/aromatic N) is 1. The second kappa shape index (κ2) is 9.53. The Morgan fingerprint density at radius 3 is 2.71 bits per heavy atom. The van der Waals surface area contributed by atoms with Crippen molar-refractivity contribution < 1.29 is 29.0 Å². The maximum Gasteiger partial charge on any atom is 0.335 e. The molecular weight excluding hydrogens is 424 g/mol. The maximum absolute atomic E-state index is 12.4. The summed E-state index contributed by atoms with van der Waals surface area (Å²) in [5, 5.41) is 11.9. The number of methoxy groups -OCH3 is 1. The molecular formula is C22H21ClN2O6. The molecule has 1 aliphatic heterocycles. The van der Waals surface area contributed by atoms with E-state index >= 15 is 0 Å². The smallest absolute Gasteiger partial charge is 0.335 e. The Balaban J connectivity index is 1.82. The van der Waals surface area contributed by atoms with Gasteiger partial charge in [-0.3, -0.25) is 9.69 Å². The van der Waals surface area contributed by atoms with Crippen LogP contribution in [0.5, 0.6) is 11.5 Å². The lowest BCUT2D eigenvalue weighted by molar-refractivity contribution is -0.122. The van der Waals surface area contributed by atoms with Crippen LogP contribution in [0.3, 0.4) is 0 Å². The maximum atomic E-state index is 12.4. The summed E-state index contributed by atoms with van der Waals surface area (Å²) in [7, 11) is 1.45. The standard InChI is InChI=1S/C22H21ClN2O6/c1-3-7-25-20(26)17(24-22(25)29)10-14-9-16(23)19(18(11-14)30-2)31-12-13-5-4-6-15(8-13)21(27)28/h4-6,8-11H,3,7,12H2,1-2H3,(H,24,29)(H,27,28). The van der Waals surface area contributed by atoms with Gasteiger partial charge in [0.25, 0.3) is 5.91 Å². The predicted molar refractivity (Wildman–Crippen MR) is 114 cm³/mol. The number of urea groups is 1. The topological polar surface area (TPSA) is 105 Å². The lowest BCUT2D eigenvalue weighted by atomic mass is 10.1. The van der Waals surface area contributed by atoms with Crippen LogP contribution in [0.4, 0.5) is 4.79 Å². The predicted octanol–water partition coefficient (Wildman–Crippen LogP) is 3.93. The van der Waals surface area contributed by atoms with Crippen LogP contribution in [-0.4, -0.2) is 41.6 Å². The summed E-state index contributed by atoms with van der Waals surface area (Å²) < 4.78 is 11.2. The minimum absolute atomic E-state index is 0.0815. The van der Waals surface area contributed by atoms with E-state index in [1.165, 1.54) is 25.3 Å². The third-order valence-corrected chi connectivity index (χ3v) is 4.81. The molecule has 0 bridgehead atoms. The number of ether oxygens (including phenoxy) is 2. The molecule has 162 valence electrons. The first-order valence-corrected chi connectivity index (χ1v) is 9.89. The summed E-state index contributed by atoms with van der Waals surface area (Å²) in [4.78, 5) is 36.6. The monoisotopic (exact) mass is 444 g/mol. The van der Waals surface area contributed by atoms with E-state index in [1.807, 2.05) is 6.92 Å². The lowest BCUT2D eigenvalue weighted by Crippen LogP contribution is -2.31. The molecule has 3 amide bonds. The first-order valence-electron chi connectivity index (χ1n) is 9.51. The highest BCUT2D eigenvalue weighted by atomic mass is 35.5. The highest BCUT2D eigenvalue weighted by Crippen LogP contribution is 2.37. The fourth-order valence-corrected chi connectivity index (χ4v) is 3.35. The molecule has 9 heteroatoms. The van der Waals surface area contributed by atoms with Crippen LogP contribution < -0.4 is 14.8 Å². The quantitative estimate of drug-likeness (QED) is 0.472. The van der Waals surface area contributed by atoms with Crippen molar-refractivity contribution >= 4 is 35.6 Å². The van der Waals surface area contributed by atoms with Gasteiger partial charge in [0, 0.05) is 6.54 Å². The van der Waals surface area contributed by atoms with Crippen molar-refractivity contribution in [3.05, 3.63) is 63.8 Å². The summed E-state index contributed by atoms with van der Waals surface area (Å²) in [6.45, 7) is 2.30. The minimum Gasteiger partial charge on any atom is -0.493 e. The Labute approximate surface area is 184 Å². The fourth-order valence-electron chi connectivity index (χ4n) is 3.08. The van der Waals surface area contributed by atoms with Crippen molar-refractivity contribution in [1.29, 1.82) is 0 Å². The summed E-state index contributed by atoms with van der Waals surface area (Å²) in [5.41, 5.74) is 1.50. The molecule has 0 spiro atoms. The van der Waals surface area contributed by atoms with E-state index in [0.717, 1.165) is 4.90 Å². The Morgan fingerprint density at radius 2 is 2.03 bits per heavy atom. The molecule has 2 aromatic rings. The van der Waals surface area contributed by atoms with Gasteiger partial charge in [0.15, 0.2) is 11.5 Å². The van der Waals surface area contributed by atoms with Crippen LogP contribution in [0.25, 0.3) is 6.08 Å². The van der Waals surface area contributed by atoms with Crippen molar-refractivity contribution in [3.63, 3.8) is 0 Å². The van der Waals surface area contributed by atoms with E-state index in [0.29, 0.717) is 29.8 Å². The number of carboxylic acids is 1. The number of amides is 3. The van der Waals surface area contributed by atoms with E-state index in [4.69, 9.17) is 26.2 Å². The van der Waals surface area contributed by atoms with Crippen molar-refractivity contribution in [2.24, 2.45) is 0 Å². The highest BCUT2D eigenvalue weighted by Gasteiger charge is 2.32. The molecule has 3 rings (SSSR count). The van der Waals surface area contributed by atoms with Crippen LogP contribution in [0.1, 0.15) is 34.8 Å². The van der Waals surface area contributed by atoms with E-state index in [-0.39, 0.29) is 28.6 Å². The number of aromatic carboxylic acids is 1. The number of benzene rings is 2. The molecule has 1 saturated heterocycles. The molecule has 2 N–H and O–H groups in total. The summed E-state index contributed by atoms with van der Waals surface area (Å²) >= 11 is 6.38. The van der Waals surface area contributed by atoms with Crippen LogP contribution in [0, 0.1) is 0 Å². The van der Waals surface area contributed by atoms with Gasteiger partial charge in [0.05, 0.1) is 17.7 Å². The molecule has 1 fully saturated rings. The van der Waals surface area contributed by atoms with Crippen molar-refractivity contribution in [3.8, 4) is 11.5 Å². The number of halogens is 1. The van der Waals surface area contributed by atoms with Crippen LogP contribution in [0.2, 0.25) is 5.02 Å². The van der Waals surface area contributed by atoms with Crippen LogP contribution in [0.15, 0.2) is 42.1 Å². The lowest BCUT2D eigenvalue weighted by Gasteiger charge is -2.14. The first kappa shape index (κ1) is 22.2. The van der Waals surface area contributed by atoms with Crippen LogP contribution in [-0.2, 0) is 11.4 Å². The molecule has 0 unspecified atom stereocenters. The Hall–Kier alpha value is -3.52. The average molecular weight is 445 g/mol. The second-order valence-corrected chi connectivity index (χ2v) is 7.18. The molecule has 2 aromatic carbocycles. The largest absolute Gasteiger partial charge is 0.493 e. The molecule has 8 nitrogen and oxygen atoms in total. The molecule has 0 atom stereocenters. The van der Waals surface area contributed by atoms with Gasteiger partial charge in [0.2, 0.25) is 0 Å². The summed E-state index contributed by atoms with van der Waals surface area (Å²) in [5.74, 6) is -0.821. The molecule has 1 heterocycles. The van der Waals surface area contributed by atoms with Gasteiger partial charge >= 0.3 is 12.0 Å². The number of hydrogen-bond donors (Lipinski definition) is 2.